The molecular formula is C23H24N6O4. The summed E-state index contributed by atoms with van der Waals surface area (Å²) in [5, 5.41) is 14.9. The van der Waals surface area contributed by atoms with E-state index in [4.69, 9.17) is 9.47 Å². The molecule has 3 aromatic rings. The highest BCUT2D eigenvalue weighted by Crippen LogP contribution is 2.37. The van der Waals surface area contributed by atoms with Crippen LogP contribution in [0.25, 0.3) is 11.4 Å². The van der Waals surface area contributed by atoms with Gasteiger partial charge in [0.25, 0.3) is 0 Å². The molecule has 5 rings (SSSR count). The summed E-state index contributed by atoms with van der Waals surface area (Å²) >= 11 is 0. The maximum Gasteiger partial charge on any atom is 0.229 e. The Kier molecular flexibility index (Phi) is 5.41. The Hall–Kier alpha value is -3.95. The van der Waals surface area contributed by atoms with E-state index in [0.29, 0.717) is 28.9 Å². The Morgan fingerprint density at radius 2 is 1.88 bits per heavy atom. The maximum atomic E-state index is 12.9. The van der Waals surface area contributed by atoms with Crippen LogP contribution in [0.3, 0.4) is 0 Å². The summed E-state index contributed by atoms with van der Waals surface area (Å²) in [6, 6.07) is 13.0. The number of amides is 2. The second-order valence-electron chi connectivity index (χ2n) is 8.19. The first kappa shape index (κ1) is 20.9. The fourth-order valence-electron chi connectivity index (χ4n) is 4.02. The molecule has 1 atom stereocenters. The summed E-state index contributed by atoms with van der Waals surface area (Å²) < 4.78 is 12.5. The molecule has 1 saturated carbocycles. The smallest absolute Gasteiger partial charge is 0.229 e. The van der Waals surface area contributed by atoms with Crippen LogP contribution in [-0.2, 0) is 9.59 Å². The van der Waals surface area contributed by atoms with Crippen molar-refractivity contribution < 1.29 is 19.1 Å². The largest absolute Gasteiger partial charge is 0.497 e. The van der Waals surface area contributed by atoms with Crippen LogP contribution >= 0.6 is 0 Å². The minimum atomic E-state index is -0.477. The van der Waals surface area contributed by atoms with E-state index < -0.39 is 5.92 Å². The van der Waals surface area contributed by atoms with E-state index in [1.165, 1.54) is 0 Å². The van der Waals surface area contributed by atoms with Gasteiger partial charge in [-0.2, -0.15) is 0 Å². The Labute approximate surface area is 190 Å². The topological polar surface area (TPSA) is 111 Å². The summed E-state index contributed by atoms with van der Waals surface area (Å²) in [5.41, 5.74) is 2.13. The minimum Gasteiger partial charge on any atom is -0.497 e. The van der Waals surface area contributed by atoms with Crippen molar-refractivity contribution in [1.82, 2.24) is 20.2 Å². The van der Waals surface area contributed by atoms with Gasteiger partial charge < -0.3 is 19.7 Å². The fourth-order valence-corrected chi connectivity index (χ4v) is 4.02. The lowest BCUT2D eigenvalue weighted by molar-refractivity contribution is -0.122. The second-order valence-corrected chi connectivity index (χ2v) is 8.19. The Bertz CT molecular complexity index is 1190. The second kappa shape index (κ2) is 8.53. The third-order valence-corrected chi connectivity index (χ3v) is 5.97. The quantitative estimate of drug-likeness (QED) is 0.591. The molecule has 1 unspecified atom stereocenters. The number of hydrogen-bond donors (Lipinski definition) is 1. The average molecular weight is 448 g/mol. The highest BCUT2D eigenvalue weighted by Gasteiger charge is 2.36. The normalized spacial score (nSPS) is 17.8. The van der Waals surface area contributed by atoms with Gasteiger partial charge in [0.05, 0.1) is 31.9 Å². The van der Waals surface area contributed by atoms with Crippen LogP contribution in [0.2, 0.25) is 0 Å². The van der Waals surface area contributed by atoms with Gasteiger partial charge in [-0.05, 0) is 59.7 Å². The number of tetrazole rings is 1. The van der Waals surface area contributed by atoms with Crippen molar-refractivity contribution in [3.63, 3.8) is 0 Å². The van der Waals surface area contributed by atoms with Crippen molar-refractivity contribution in [2.24, 2.45) is 5.92 Å². The molecule has 2 amide bonds. The number of aromatic nitrogens is 4. The SMILES string of the molecule is COc1ccc(OC)c(N2CC(C(=O)Nc3ccc(-c4nnnn4C4CC4)cc3)CC2=O)c1. The molecule has 2 aromatic carbocycles. The van der Waals surface area contributed by atoms with Crippen LogP contribution < -0.4 is 19.7 Å². The summed E-state index contributed by atoms with van der Waals surface area (Å²) in [4.78, 5) is 27.2. The van der Waals surface area contributed by atoms with Crippen LogP contribution in [-0.4, -0.2) is 52.8 Å². The molecule has 0 bridgehead atoms. The van der Waals surface area contributed by atoms with Crippen LogP contribution in [0.5, 0.6) is 11.5 Å². The number of nitrogens with one attached hydrogen (secondary N) is 1. The molecular weight excluding hydrogens is 424 g/mol. The van der Waals surface area contributed by atoms with Crippen molar-refractivity contribution in [3.8, 4) is 22.9 Å². The maximum absolute atomic E-state index is 12.9. The lowest BCUT2D eigenvalue weighted by Crippen LogP contribution is -2.28. The van der Waals surface area contributed by atoms with E-state index in [2.05, 4.69) is 20.8 Å². The van der Waals surface area contributed by atoms with Gasteiger partial charge in [-0.3, -0.25) is 9.59 Å². The molecule has 1 aliphatic carbocycles. The summed E-state index contributed by atoms with van der Waals surface area (Å²) in [6.45, 7) is 0.266. The van der Waals surface area contributed by atoms with Crippen LogP contribution in [0.1, 0.15) is 25.3 Å². The standard InChI is InChI=1S/C23H24N6O4/c1-32-18-9-10-20(33-2)19(12-18)28-13-15(11-21(28)30)23(31)24-16-5-3-14(4-6-16)22-25-26-27-29(22)17-7-8-17/h3-6,9-10,12,15,17H,7-8,11,13H2,1-2H3,(H,24,31). The van der Waals surface area contributed by atoms with Crippen molar-refractivity contribution in [2.75, 3.05) is 31.0 Å². The molecule has 2 heterocycles. The third kappa shape index (κ3) is 4.11. The number of nitrogens with zero attached hydrogens (tertiary/aromatic N) is 5. The zero-order chi connectivity index (χ0) is 22.9. The number of hydrogen-bond acceptors (Lipinski definition) is 7. The number of rotatable bonds is 7. The number of carbonyl (C=O) groups excluding carboxylic acids is 2. The average Bonchev–Trinajstić information content (AvgIpc) is 3.43. The van der Waals surface area contributed by atoms with E-state index in [-0.39, 0.29) is 24.8 Å². The number of ether oxygens (including phenoxy) is 2. The molecule has 0 spiro atoms. The first-order valence-corrected chi connectivity index (χ1v) is 10.8. The van der Waals surface area contributed by atoms with Crippen molar-refractivity contribution in [3.05, 3.63) is 42.5 Å². The Morgan fingerprint density at radius 3 is 2.58 bits per heavy atom. The van der Waals surface area contributed by atoms with Gasteiger partial charge in [-0.1, -0.05) is 0 Å². The van der Waals surface area contributed by atoms with Gasteiger partial charge in [0.1, 0.15) is 11.5 Å². The van der Waals surface area contributed by atoms with E-state index in [1.54, 1.807) is 37.3 Å². The number of benzene rings is 2. The first-order chi connectivity index (χ1) is 16.1. The molecule has 1 saturated heterocycles. The van der Waals surface area contributed by atoms with E-state index in [1.807, 2.05) is 28.9 Å². The highest BCUT2D eigenvalue weighted by atomic mass is 16.5. The molecule has 33 heavy (non-hydrogen) atoms. The van der Waals surface area contributed by atoms with Gasteiger partial charge >= 0.3 is 0 Å². The molecule has 1 N–H and O–H groups in total. The zero-order valence-corrected chi connectivity index (χ0v) is 18.4. The lowest BCUT2D eigenvalue weighted by Gasteiger charge is -2.20. The van der Waals surface area contributed by atoms with Crippen molar-refractivity contribution >= 4 is 23.2 Å². The molecule has 1 aromatic heterocycles. The van der Waals surface area contributed by atoms with Gasteiger partial charge in [0.15, 0.2) is 5.82 Å². The minimum absolute atomic E-state index is 0.125. The molecule has 2 aliphatic rings. The van der Waals surface area contributed by atoms with Gasteiger partial charge in [0.2, 0.25) is 11.8 Å². The summed E-state index contributed by atoms with van der Waals surface area (Å²) in [7, 11) is 3.11. The monoisotopic (exact) mass is 448 g/mol. The lowest BCUT2D eigenvalue weighted by atomic mass is 10.1. The van der Waals surface area contributed by atoms with E-state index in [9.17, 15) is 9.59 Å². The number of anilines is 2. The Balaban J connectivity index is 1.27. The van der Waals surface area contributed by atoms with E-state index >= 15 is 0 Å². The summed E-state index contributed by atoms with van der Waals surface area (Å²) in [5.74, 6) is 1.07. The first-order valence-electron chi connectivity index (χ1n) is 10.8. The van der Waals surface area contributed by atoms with E-state index in [0.717, 1.165) is 24.2 Å². The molecule has 0 radical (unpaired) electrons. The molecule has 10 nitrogen and oxygen atoms in total. The highest BCUT2D eigenvalue weighted by molar-refractivity contribution is 6.04. The third-order valence-electron chi connectivity index (χ3n) is 5.97. The molecule has 170 valence electrons. The fraction of sp³-hybridized carbons (Fsp3) is 0.348. The van der Waals surface area contributed by atoms with Crippen LogP contribution in [0, 0.1) is 5.92 Å². The van der Waals surface area contributed by atoms with Gasteiger partial charge in [-0.25, -0.2) is 4.68 Å². The predicted molar refractivity (Wildman–Crippen MR) is 120 cm³/mol. The Morgan fingerprint density at radius 1 is 1.09 bits per heavy atom. The van der Waals surface area contributed by atoms with Crippen LogP contribution in [0.15, 0.2) is 42.5 Å². The number of carbonyl (C=O) groups is 2. The van der Waals surface area contributed by atoms with Crippen molar-refractivity contribution in [1.29, 1.82) is 0 Å². The summed E-state index contributed by atoms with van der Waals surface area (Å²) in [6.07, 6.45) is 2.30. The van der Waals surface area contributed by atoms with Gasteiger partial charge in [-0.15, -0.1) is 5.10 Å². The molecule has 1 aliphatic heterocycles. The number of methoxy groups -OCH3 is 2. The molecule has 10 heteroatoms. The van der Waals surface area contributed by atoms with Crippen molar-refractivity contribution in [2.45, 2.75) is 25.3 Å². The van der Waals surface area contributed by atoms with Crippen LogP contribution in [0.4, 0.5) is 11.4 Å². The van der Waals surface area contributed by atoms with Gasteiger partial charge in [0, 0.05) is 30.3 Å². The zero-order valence-electron chi connectivity index (χ0n) is 18.4. The predicted octanol–water partition coefficient (Wildman–Crippen LogP) is 2.68. The molecule has 2 fully saturated rings.